The SMILES string of the molecule is CCCCCCCc1ccc(-c2ccc(C3CCC(C#N)([C@@H]4CCCC(=O)C4)CC3)cc2)cc1. The van der Waals surface area contributed by atoms with E-state index in [2.05, 4.69) is 61.5 Å². The average Bonchev–Trinajstić information content (AvgIpc) is 2.89. The van der Waals surface area contributed by atoms with Crippen LogP contribution in [0, 0.1) is 22.7 Å². The van der Waals surface area contributed by atoms with Crippen LogP contribution in [0.5, 0.6) is 0 Å². The molecule has 2 aromatic rings. The number of hydrogen-bond acceptors (Lipinski definition) is 2. The Balaban J connectivity index is 1.32. The fourth-order valence-electron chi connectivity index (χ4n) is 6.32. The zero-order valence-electron chi connectivity index (χ0n) is 21.0. The molecule has 0 radical (unpaired) electrons. The molecule has 0 aromatic heterocycles. The van der Waals surface area contributed by atoms with Gasteiger partial charge in [-0.25, -0.2) is 0 Å². The van der Waals surface area contributed by atoms with Crippen molar-refractivity contribution in [1.82, 2.24) is 0 Å². The van der Waals surface area contributed by atoms with Crippen LogP contribution < -0.4 is 0 Å². The van der Waals surface area contributed by atoms with Crippen molar-refractivity contribution in [2.45, 2.75) is 103 Å². The molecular formula is C32H41NO. The summed E-state index contributed by atoms with van der Waals surface area (Å²) in [7, 11) is 0. The summed E-state index contributed by atoms with van der Waals surface area (Å²) in [6, 6.07) is 20.9. The summed E-state index contributed by atoms with van der Waals surface area (Å²) >= 11 is 0. The smallest absolute Gasteiger partial charge is 0.133 e. The fourth-order valence-corrected chi connectivity index (χ4v) is 6.32. The molecule has 2 aliphatic carbocycles. The lowest BCUT2D eigenvalue weighted by molar-refractivity contribution is -0.123. The number of Topliss-reactive ketones (excluding diaryl/α,β-unsaturated/α-hetero) is 1. The Morgan fingerprint density at radius 3 is 2.15 bits per heavy atom. The maximum absolute atomic E-state index is 12.0. The van der Waals surface area contributed by atoms with Crippen molar-refractivity contribution in [3.63, 3.8) is 0 Å². The molecule has 2 aliphatic rings. The molecule has 0 aliphatic heterocycles. The second-order valence-electron chi connectivity index (χ2n) is 10.9. The van der Waals surface area contributed by atoms with Gasteiger partial charge >= 0.3 is 0 Å². The predicted octanol–water partition coefficient (Wildman–Crippen LogP) is 8.79. The summed E-state index contributed by atoms with van der Waals surface area (Å²) in [5, 5.41) is 10.0. The summed E-state index contributed by atoms with van der Waals surface area (Å²) in [5.74, 6) is 1.18. The Bertz CT molecular complexity index is 958. The molecule has 2 fully saturated rings. The molecule has 0 spiro atoms. The van der Waals surface area contributed by atoms with Crippen molar-refractivity contribution in [3.8, 4) is 17.2 Å². The first-order valence-electron chi connectivity index (χ1n) is 13.8. The van der Waals surface area contributed by atoms with Gasteiger partial charge in [0, 0.05) is 12.8 Å². The van der Waals surface area contributed by atoms with E-state index in [0.29, 0.717) is 18.1 Å². The first-order valence-corrected chi connectivity index (χ1v) is 13.8. The van der Waals surface area contributed by atoms with Gasteiger partial charge in [-0.1, -0.05) is 81.1 Å². The van der Waals surface area contributed by atoms with E-state index in [1.807, 2.05) is 0 Å². The third-order valence-electron chi connectivity index (χ3n) is 8.60. The molecule has 0 N–H and O–H groups in total. The number of hydrogen-bond donors (Lipinski definition) is 0. The highest BCUT2D eigenvalue weighted by Gasteiger charge is 2.43. The number of aryl methyl sites for hydroxylation is 1. The van der Waals surface area contributed by atoms with E-state index in [9.17, 15) is 10.1 Å². The van der Waals surface area contributed by atoms with E-state index in [1.54, 1.807) is 0 Å². The van der Waals surface area contributed by atoms with E-state index in [1.165, 1.54) is 60.8 Å². The molecule has 2 heteroatoms. The molecule has 0 unspecified atom stereocenters. The molecule has 0 bridgehead atoms. The number of carbonyl (C=O) groups excluding carboxylic acids is 1. The number of nitriles is 1. The standard InChI is InChI=1S/C32H41NO/c1-2-3-4-5-6-8-25-11-13-26(14-12-25)27-15-17-28(18-16-27)29-19-21-32(24-33,22-20-29)30-9-7-10-31(34)23-30/h11-18,29-30H,2-10,19-23H2,1H3/t29?,30-,32?/m1/s1. The summed E-state index contributed by atoms with van der Waals surface area (Å²) in [4.78, 5) is 12.0. The van der Waals surface area contributed by atoms with Crippen molar-refractivity contribution in [2.75, 3.05) is 0 Å². The summed E-state index contributed by atoms with van der Waals surface area (Å²) in [5.41, 5.74) is 5.14. The second kappa shape index (κ2) is 11.8. The molecule has 0 heterocycles. The molecule has 180 valence electrons. The lowest BCUT2D eigenvalue weighted by atomic mass is 9.60. The van der Waals surface area contributed by atoms with Crippen molar-refractivity contribution in [3.05, 3.63) is 59.7 Å². The second-order valence-corrected chi connectivity index (χ2v) is 10.9. The van der Waals surface area contributed by atoms with E-state index >= 15 is 0 Å². The monoisotopic (exact) mass is 455 g/mol. The van der Waals surface area contributed by atoms with Crippen molar-refractivity contribution >= 4 is 5.78 Å². The van der Waals surface area contributed by atoms with Gasteiger partial charge in [0.25, 0.3) is 0 Å². The highest BCUT2D eigenvalue weighted by atomic mass is 16.1. The van der Waals surface area contributed by atoms with Crippen molar-refractivity contribution in [2.24, 2.45) is 11.3 Å². The third kappa shape index (κ3) is 5.99. The Morgan fingerprint density at radius 1 is 0.882 bits per heavy atom. The summed E-state index contributed by atoms with van der Waals surface area (Å²) in [6.45, 7) is 2.27. The minimum atomic E-state index is -0.274. The average molecular weight is 456 g/mol. The number of rotatable bonds is 9. The van der Waals surface area contributed by atoms with Crippen LogP contribution >= 0.6 is 0 Å². The number of unbranched alkanes of at least 4 members (excludes halogenated alkanes) is 4. The lowest BCUT2D eigenvalue weighted by Gasteiger charge is -2.42. The normalized spacial score (nSPS) is 25.1. The predicted molar refractivity (Wildman–Crippen MR) is 141 cm³/mol. The van der Waals surface area contributed by atoms with Gasteiger partial charge in [0.2, 0.25) is 0 Å². The van der Waals surface area contributed by atoms with Crippen LogP contribution in [-0.4, -0.2) is 5.78 Å². The zero-order chi connectivity index (χ0) is 23.8. The molecule has 34 heavy (non-hydrogen) atoms. The summed E-state index contributed by atoms with van der Waals surface area (Å²) in [6.07, 6.45) is 15.2. The van der Waals surface area contributed by atoms with Crippen molar-refractivity contribution < 1.29 is 4.79 Å². The minimum Gasteiger partial charge on any atom is -0.300 e. The lowest BCUT2D eigenvalue weighted by Crippen LogP contribution is -2.36. The maximum Gasteiger partial charge on any atom is 0.133 e. The minimum absolute atomic E-state index is 0.274. The van der Waals surface area contributed by atoms with Crippen molar-refractivity contribution in [1.29, 1.82) is 5.26 Å². The molecular weight excluding hydrogens is 414 g/mol. The number of carbonyl (C=O) groups is 1. The molecule has 4 rings (SSSR count). The zero-order valence-corrected chi connectivity index (χ0v) is 21.0. The van der Waals surface area contributed by atoms with Crippen LogP contribution in [0.4, 0.5) is 0 Å². The molecule has 2 saturated carbocycles. The van der Waals surface area contributed by atoms with Gasteiger partial charge in [-0.2, -0.15) is 5.26 Å². The van der Waals surface area contributed by atoms with E-state index in [0.717, 1.165) is 44.9 Å². The van der Waals surface area contributed by atoms with E-state index in [4.69, 9.17) is 0 Å². The van der Waals surface area contributed by atoms with Gasteiger partial charge in [-0.15, -0.1) is 0 Å². The number of nitrogens with zero attached hydrogens (tertiary/aromatic N) is 1. The topological polar surface area (TPSA) is 40.9 Å². The van der Waals surface area contributed by atoms with Gasteiger partial charge < -0.3 is 0 Å². The van der Waals surface area contributed by atoms with Gasteiger partial charge in [0.05, 0.1) is 11.5 Å². The molecule has 2 aromatic carbocycles. The highest BCUT2D eigenvalue weighted by molar-refractivity contribution is 5.79. The number of benzene rings is 2. The van der Waals surface area contributed by atoms with Crippen LogP contribution in [0.3, 0.4) is 0 Å². The number of ketones is 1. The quantitative estimate of drug-likeness (QED) is 0.354. The van der Waals surface area contributed by atoms with Gasteiger partial charge in [-0.3, -0.25) is 4.79 Å². The van der Waals surface area contributed by atoms with Gasteiger partial charge in [0.1, 0.15) is 5.78 Å². The molecule has 0 saturated heterocycles. The first-order chi connectivity index (χ1) is 16.6. The van der Waals surface area contributed by atoms with Gasteiger partial charge in [-0.05, 0) is 85.5 Å². The molecule has 0 amide bonds. The van der Waals surface area contributed by atoms with E-state index < -0.39 is 0 Å². The molecule has 1 atom stereocenters. The van der Waals surface area contributed by atoms with E-state index in [-0.39, 0.29) is 11.3 Å². The van der Waals surface area contributed by atoms with Crippen LogP contribution in [0.2, 0.25) is 0 Å². The maximum atomic E-state index is 12.0. The van der Waals surface area contributed by atoms with Gasteiger partial charge in [0.15, 0.2) is 0 Å². The summed E-state index contributed by atoms with van der Waals surface area (Å²) < 4.78 is 0. The Hall–Kier alpha value is -2.40. The first kappa shape index (κ1) is 24.7. The van der Waals surface area contributed by atoms with Crippen LogP contribution in [0.1, 0.15) is 107 Å². The Morgan fingerprint density at radius 2 is 1.53 bits per heavy atom. The highest BCUT2D eigenvalue weighted by Crippen LogP contribution is 2.50. The van der Waals surface area contributed by atoms with Crippen LogP contribution in [-0.2, 0) is 11.2 Å². The largest absolute Gasteiger partial charge is 0.300 e. The third-order valence-corrected chi connectivity index (χ3v) is 8.60. The Labute approximate surface area is 206 Å². The fraction of sp³-hybridized carbons (Fsp3) is 0.562. The van der Waals surface area contributed by atoms with Crippen LogP contribution in [0.15, 0.2) is 48.5 Å². The molecule has 2 nitrogen and oxygen atoms in total. The Kier molecular flexibility index (Phi) is 8.60. The van der Waals surface area contributed by atoms with Crippen LogP contribution in [0.25, 0.3) is 11.1 Å².